The molecule has 0 aliphatic heterocycles. The Morgan fingerprint density at radius 2 is 1.92 bits per heavy atom. The number of methoxy groups -OCH3 is 1. The number of aromatic nitrogens is 1. The lowest BCUT2D eigenvalue weighted by Gasteiger charge is -2.19. The number of carbonyl (C=O) groups excluding carboxylic acids is 1. The van der Waals surface area contributed by atoms with Gasteiger partial charge in [0.2, 0.25) is 15.9 Å². The Hall–Kier alpha value is -1.97. The molecule has 142 valence electrons. The molecular formula is C17H23N3O4S2. The number of sulfonamides is 1. The number of nitrogens with one attached hydrogen (secondary N) is 2. The highest BCUT2D eigenvalue weighted by atomic mass is 32.2. The lowest BCUT2D eigenvalue weighted by atomic mass is 10.0. The van der Waals surface area contributed by atoms with Gasteiger partial charge in [0.05, 0.1) is 12.0 Å². The summed E-state index contributed by atoms with van der Waals surface area (Å²) in [6, 6.07) is 5.10. The van der Waals surface area contributed by atoms with Crippen LogP contribution in [0.4, 0.5) is 5.13 Å². The standard InChI is InChI=1S/C17H23N3O4S2/c1-11(2)9-15(16(21)19-17-18-10-12(3)25-17)20-26(22,23)14-7-5-13(24-4)6-8-14/h5-8,10-11,15,20H,9H2,1-4H3,(H,18,19,21)/t15-/m0/s1. The molecular weight excluding hydrogens is 374 g/mol. The van der Waals surface area contributed by atoms with E-state index in [2.05, 4.69) is 15.0 Å². The zero-order valence-corrected chi connectivity index (χ0v) is 16.8. The zero-order chi connectivity index (χ0) is 19.3. The molecule has 26 heavy (non-hydrogen) atoms. The van der Waals surface area contributed by atoms with Crippen molar-refractivity contribution >= 4 is 32.4 Å². The molecule has 0 saturated carbocycles. The van der Waals surface area contributed by atoms with Crippen LogP contribution in [0.2, 0.25) is 0 Å². The number of carbonyl (C=O) groups is 1. The Morgan fingerprint density at radius 1 is 1.27 bits per heavy atom. The average molecular weight is 398 g/mol. The van der Waals surface area contributed by atoms with Crippen molar-refractivity contribution in [3.63, 3.8) is 0 Å². The normalized spacial score (nSPS) is 12.8. The van der Waals surface area contributed by atoms with Gasteiger partial charge < -0.3 is 10.1 Å². The lowest BCUT2D eigenvalue weighted by molar-refractivity contribution is -0.118. The Balaban J connectivity index is 2.18. The quantitative estimate of drug-likeness (QED) is 0.714. The van der Waals surface area contributed by atoms with Crippen LogP contribution in [0.1, 0.15) is 25.1 Å². The molecule has 0 saturated heterocycles. The summed E-state index contributed by atoms with van der Waals surface area (Å²) in [6.07, 6.45) is 2.02. The number of thiazole rings is 1. The first-order valence-electron chi connectivity index (χ1n) is 8.11. The third kappa shape index (κ3) is 5.52. The molecule has 1 heterocycles. The Morgan fingerprint density at radius 3 is 2.42 bits per heavy atom. The minimum absolute atomic E-state index is 0.0740. The molecule has 9 heteroatoms. The molecule has 7 nitrogen and oxygen atoms in total. The molecule has 0 bridgehead atoms. The van der Waals surface area contributed by atoms with E-state index >= 15 is 0 Å². The van der Waals surface area contributed by atoms with Crippen molar-refractivity contribution in [2.24, 2.45) is 5.92 Å². The largest absolute Gasteiger partial charge is 0.497 e. The van der Waals surface area contributed by atoms with Crippen molar-refractivity contribution in [2.45, 2.75) is 38.1 Å². The highest BCUT2D eigenvalue weighted by Gasteiger charge is 2.27. The van der Waals surface area contributed by atoms with E-state index in [9.17, 15) is 13.2 Å². The Kier molecular flexibility index (Phi) is 6.74. The fraction of sp³-hybridized carbons (Fsp3) is 0.412. The van der Waals surface area contributed by atoms with Crippen LogP contribution in [-0.2, 0) is 14.8 Å². The molecule has 2 rings (SSSR count). The highest BCUT2D eigenvalue weighted by Crippen LogP contribution is 2.19. The molecule has 1 aromatic heterocycles. The summed E-state index contributed by atoms with van der Waals surface area (Å²) in [5.74, 6) is 0.257. The fourth-order valence-electron chi connectivity index (χ4n) is 2.30. The van der Waals surface area contributed by atoms with Gasteiger partial charge in [0.25, 0.3) is 0 Å². The van der Waals surface area contributed by atoms with Crippen LogP contribution in [0.5, 0.6) is 5.75 Å². The SMILES string of the molecule is COc1ccc(S(=O)(=O)N[C@@H](CC(C)C)C(=O)Nc2ncc(C)s2)cc1. The number of rotatable bonds is 8. The molecule has 0 aliphatic rings. The first-order valence-corrected chi connectivity index (χ1v) is 10.4. The van der Waals surface area contributed by atoms with Crippen molar-refractivity contribution in [3.8, 4) is 5.75 Å². The summed E-state index contributed by atoms with van der Waals surface area (Å²) >= 11 is 1.34. The van der Waals surface area contributed by atoms with Gasteiger partial charge in [-0.15, -0.1) is 11.3 Å². The summed E-state index contributed by atoms with van der Waals surface area (Å²) < 4.78 is 32.8. The smallest absolute Gasteiger partial charge is 0.244 e. The van der Waals surface area contributed by atoms with Crippen molar-refractivity contribution in [1.29, 1.82) is 0 Å². The van der Waals surface area contributed by atoms with Crippen LogP contribution in [-0.4, -0.2) is 32.5 Å². The van der Waals surface area contributed by atoms with Crippen LogP contribution in [0.15, 0.2) is 35.4 Å². The summed E-state index contributed by atoms with van der Waals surface area (Å²) in [4.78, 5) is 17.7. The number of hydrogen-bond donors (Lipinski definition) is 2. The maximum absolute atomic E-state index is 12.6. The first kappa shape index (κ1) is 20.3. The third-order valence-corrected chi connectivity index (χ3v) is 5.86. The summed E-state index contributed by atoms with van der Waals surface area (Å²) in [7, 11) is -2.34. The van der Waals surface area contributed by atoms with Gasteiger partial charge in [-0.3, -0.25) is 4.79 Å². The van der Waals surface area contributed by atoms with Gasteiger partial charge in [0, 0.05) is 11.1 Å². The number of ether oxygens (including phenoxy) is 1. The molecule has 2 N–H and O–H groups in total. The van der Waals surface area contributed by atoms with Crippen LogP contribution < -0.4 is 14.8 Å². The number of aryl methyl sites for hydroxylation is 1. The molecule has 0 aliphatic carbocycles. The second-order valence-electron chi connectivity index (χ2n) is 6.24. The molecule has 0 unspecified atom stereocenters. The van der Waals surface area contributed by atoms with Gasteiger partial charge in [-0.05, 0) is 43.5 Å². The second kappa shape index (κ2) is 8.61. The molecule has 0 radical (unpaired) electrons. The molecule has 2 aromatic rings. The van der Waals surface area contributed by atoms with Crippen LogP contribution >= 0.6 is 11.3 Å². The summed E-state index contributed by atoms with van der Waals surface area (Å²) in [6.45, 7) is 5.73. The van der Waals surface area contributed by atoms with Gasteiger partial charge in [0.1, 0.15) is 11.8 Å². The van der Waals surface area contributed by atoms with Crippen LogP contribution in [0.3, 0.4) is 0 Å². The molecule has 1 aromatic carbocycles. The first-order chi connectivity index (χ1) is 12.2. The van der Waals surface area contributed by atoms with Crippen molar-refractivity contribution in [3.05, 3.63) is 35.3 Å². The monoisotopic (exact) mass is 397 g/mol. The van der Waals surface area contributed by atoms with E-state index in [0.717, 1.165) is 4.88 Å². The number of nitrogens with zero attached hydrogens (tertiary/aromatic N) is 1. The minimum atomic E-state index is -3.85. The number of anilines is 1. The van der Waals surface area contributed by atoms with Gasteiger partial charge in [-0.1, -0.05) is 13.8 Å². The summed E-state index contributed by atoms with van der Waals surface area (Å²) in [5.41, 5.74) is 0. The van der Waals surface area contributed by atoms with Crippen LogP contribution in [0, 0.1) is 12.8 Å². The van der Waals surface area contributed by atoms with Gasteiger partial charge in [0.15, 0.2) is 5.13 Å². The molecule has 1 amide bonds. The second-order valence-corrected chi connectivity index (χ2v) is 9.19. The maximum Gasteiger partial charge on any atom is 0.244 e. The van der Waals surface area contributed by atoms with Crippen molar-refractivity contribution in [2.75, 3.05) is 12.4 Å². The van der Waals surface area contributed by atoms with E-state index in [4.69, 9.17) is 4.74 Å². The molecule has 0 fully saturated rings. The van der Waals surface area contributed by atoms with Crippen molar-refractivity contribution < 1.29 is 17.9 Å². The number of amides is 1. The Labute approximate surface area is 157 Å². The number of hydrogen-bond acceptors (Lipinski definition) is 6. The van der Waals surface area contributed by atoms with E-state index in [0.29, 0.717) is 17.3 Å². The Bertz CT molecular complexity index is 845. The van der Waals surface area contributed by atoms with E-state index in [-0.39, 0.29) is 10.8 Å². The fourth-order valence-corrected chi connectivity index (χ4v) is 4.17. The van der Waals surface area contributed by atoms with Gasteiger partial charge in [-0.2, -0.15) is 4.72 Å². The predicted octanol–water partition coefficient (Wildman–Crippen LogP) is 2.79. The van der Waals surface area contributed by atoms with E-state index in [1.54, 1.807) is 18.3 Å². The highest BCUT2D eigenvalue weighted by molar-refractivity contribution is 7.89. The van der Waals surface area contributed by atoms with E-state index < -0.39 is 22.0 Å². The average Bonchev–Trinajstić information content (AvgIpc) is 2.98. The zero-order valence-electron chi connectivity index (χ0n) is 15.1. The third-order valence-electron chi connectivity index (χ3n) is 3.54. The minimum Gasteiger partial charge on any atom is -0.497 e. The lowest BCUT2D eigenvalue weighted by Crippen LogP contribution is -2.44. The van der Waals surface area contributed by atoms with Gasteiger partial charge >= 0.3 is 0 Å². The maximum atomic E-state index is 12.6. The topological polar surface area (TPSA) is 97.4 Å². The van der Waals surface area contributed by atoms with E-state index in [1.165, 1.54) is 30.6 Å². The van der Waals surface area contributed by atoms with Crippen LogP contribution in [0.25, 0.3) is 0 Å². The molecule has 0 spiro atoms. The van der Waals surface area contributed by atoms with Crippen molar-refractivity contribution in [1.82, 2.24) is 9.71 Å². The number of benzene rings is 1. The van der Waals surface area contributed by atoms with Gasteiger partial charge in [-0.25, -0.2) is 13.4 Å². The predicted molar refractivity (Wildman–Crippen MR) is 102 cm³/mol. The summed E-state index contributed by atoms with van der Waals surface area (Å²) in [5, 5.41) is 3.13. The van der Waals surface area contributed by atoms with E-state index in [1.807, 2.05) is 20.8 Å². The molecule has 1 atom stereocenters.